The molecule has 1 unspecified atom stereocenters. The first kappa shape index (κ1) is 14.4. The van der Waals surface area contributed by atoms with E-state index in [0.717, 1.165) is 16.7 Å². The highest BCUT2D eigenvalue weighted by Gasteiger charge is 2.13. The van der Waals surface area contributed by atoms with Crippen LogP contribution in [-0.2, 0) is 11.2 Å². The van der Waals surface area contributed by atoms with E-state index in [1.807, 2.05) is 6.07 Å². The highest BCUT2D eigenvalue weighted by atomic mass is 35.5. The largest absolute Gasteiger partial charge is 0.508 e. The summed E-state index contributed by atoms with van der Waals surface area (Å²) in [5, 5.41) is 18.6. The van der Waals surface area contributed by atoms with Crippen molar-refractivity contribution in [2.75, 3.05) is 0 Å². The van der Waals surface area contributed by atoms with Crippen LogP contribution in [0.1, 0.15) is 5.56 Å². The highest BCUT2D eigenvalue weighted by molar-refractivity contribution is 6.31. The molecule has 2 aromatic carbocycles. The molecule has 0 saturated carbocycles. The topological polar surface area (TPSA) is 83.5 Å². The van der Waals surface area contributed by atoms with Crippen LogP contribution in [0.5, 0.6) is 5.75 Å². The van der Waals surface area contributed by atoms with Crippen molar-refractivity contribution < 1.29 is 15.0 Å². The monoisotopic (exact) mass is 291 g/mol. The van der Waals surface area contributed by atoms with Crippen LogP contribution in [0.15, 0.2) is 42.5 Å². The van der Waals surface area contributed by atoms with Crippen molar-refractivity contribution in [1.82, 2.24) is 0 Å². The van der Waals surface area contributed by atoms with Gasteiger partial charge in [-0.25, -0.2) is 0 Å². The molecule has 0 saturated heterocycles. The van der Waals surface area contributed by atoms with Gasteiger partial charge >= 0.3 is 5.97 Å². The Labute approximate surface area is 121 Å². The molecule has 0 heterocycles. The summed E-state index contributed by atoms with van der Waals surface area (Å²) in [5.74, 6) is -0.861. The van der Waals surface area contributed by atoms with Gasteiger partial charge in [-0.1, -0.05) is 29.8 Å². The quantitative estimate of drug-likeness (QED) is 0.808. The number of phenolic OH excluding ortho intramolecular Hbond substituents is 1. The lowest BCUT2D eigenvalue weighted by Gasteiger charge is -2.10. The van der Waals surface area contributed by atoms with Crippen LogP contribution in [-0.4, -0.2) is 22.2 Å². The van der Waals surface area contributed by atoms with E-state index in [4.69, 9.17) is 22.4 Å². The Morgan fingerprint density at radius 3 is 2.40 bits per heavy atom. The number of nitrogens with two attached hydrogens (primary N) is 1. The van der Waals surface area contributed by atoms with E-state index in [0.29, 0.717) is 5.02 Å². The molecule has 104 valence electrons. The van der Waals surface area contributed by atoms with Crippen LogP contribution in [0, 0.1) is 0 Å². The molecule has 2 aromatic rings. The molecule has 2 rings (SSSR count). The van der Waals surface area contributed by atoms with Crippen molar-refractivity contribution >= 4 is 17.6 Å². The lowest BCUT2D eigenvalue weighted by Crippen LogP contribution is -2.32. The molecule has 0 spiro atoms. The van der Waals surface area contributed by atoms with Crippen molar-refractivity contribution in [3.8, 4) is 16.9 Å². The maximum absolute atomic E-state index is 10.8. The third kappa shape index (κ3) is 3.50. The third-order valence-corrected chi connectivity index (χ3v) is 3.15. The van der Waals surface area contributed by atoms with Gasteiger partial charge in [0, 0.05) is 5.02 Å². The maximum atomic E-state index is 10.8. The van der Waals surface area contributed by atoms with Crippen LogP contribution in [0.25, 0.3) is 11.1 Å². The molecular formula is C15H14ClNO3. The van der Waals surface area contributed by atoms with Crippen LogP contribution in [0.4, 0.5) is 0 Å². The van der Waals surface area contributed by atoms with Crippen LogP contribution in [0.2, 0.25) is 5.02 Å². The lowest BCUT2D eigenvalue weighted by molar-refractivity contribution is -0.138. The summed E-state index contributed by atoms with van der Waals surface area (Å²) >= 11 is 6.06. The van der Waals surface area contributed by atoms with Crippen molar-refractivity contribution in [2.24, 2.45) is 5.73 Å². The summed E-state index contributed by atoms with van der Waals surface area (Å²) in [6, 6.07) is 11.1. The van der Waals surface area contributed by atoms with Crippen molar-refractivity contribution in [3.63, 3.8) is 0 Å². The average Bonchev–Trinajstić information content (AvgIpc) is 2.38. The van der Waals surface area contributed by atoms with Gasteiger partial charge in [-0.2, -0.15) is 0 Å². The van der Waals surface area contributed by atoms with Gasteiger partial charge in [0.05, 0.1) is 0 Å². The Morgan fingerprint density at radius 1 is 1.15 bits per heavy atom. The molecule has 0 aliphatic carbocycles. The normalized spacial score (nSPS) is 12.1. The van der Waals surface area contributed by atoms with Crippen molar-refractivity contribution in [1.29, 1.82) is 0 Å². The number of aromatic hydroxyl groups is 1. The minimum absolute atomic E-state index is 0.184. The number of carboxylic acids is 1. The molecule has 0 aliphatic rings. The third-order valence-electron chi connectivity index (χ3n) is 2.93. The second-order valence-corrected chi connectivity index (χ2v) is 4.98. The number of rotatable bonds is 4. The number of benzene rings is 2. The average molecular weight is 292 g/mol. The lowest BCUT2D eigenvalue weighted by atomic mass is 9.99. The fraction of sp³-hybridized carbons (Fsp3) is 0.133. The van der Waals surface area contributed by atoms with Gasteiger partial charge in [-0.3, -0.25) is 4.79 Å². The van der Waals surface area contributed by atoms with E-state index in [1.165, 1.54) is 0 Å². The molecule has 0 radical (unpaired) electrons. The fourth-order valence-electron chi connectivity index (χ4n) is 1.93. The van der Waals surface area contributed by atoms with E-state index < -0.39 is 12.0 Å². The van der Waals surface area contributed by atoms with E-state index in [2.05, 4.69) is 0 Å². The standard InChI is InChI=1S/C15H14ClNO3/c16-12-6-9(7-14(17)15(19)20)5-11(8-12)10-1-3-13(18)4-2-10/h1-6,8,14,18H,7,17H2,(H,19,20). The molecule has 5 heteroatoms. The zero-order valence-corrected chi connectivity index (χ0v) is 11.3. The second kappa shape index (κ2) is 5.94. The highest BCUT2D eigenvalue weighted by Crippen LogP contribution is 2.26. The van der Waals surface area contributed by atoms with Gasteiger partial charge in [-0.05, 0) is 47.4 Å². The summed E-state index contributed by atoms with van der Waals surface area (Å²) in [4.78, 5) is 10.8. The molecule has 20 heavy (non-hydrogen) atoms. The van der Waals surface area contributed by atoms with Crippen LogP contribution >= 0.6 is 11.6 Å². The summed E-state index contributed by atoms with van der Waals surface area (Å²) in [5.41, 5.74) is 8.03. The van der Waals surface area contributed by atoms with Crippen LogP contribution < -0.4 is 5.73 Å². The summed E-state index contributed by atoms with van der Waals surface area (Å²) in [6.45, 7) is 0. The Morgan fingerprint density at radius 2 is 1.80 bits per heavy atom. The number of hydrogen-bond acceptors (Lipinski definition) is 3. The molecule has 0 fully saturated rings. The van der Waals surface area contributed by atoms with E-state index in [-0.39, 0.29) is 12.2 Å². The van der Waals surface area contributed by atoms with E-state index >= 15 is 0 Å². The molecule has 0 bridgehead atoms. The number of carbonyl (C=O) groups is 1. The number of phenols is 1. The van der Waals surface area contributed by atoms with Gasteiger partial charge in [0.2, 0.25) is 0 Å². The SMILES string of the molecule is NC(Cc1cc(Cl)cc(-c2ccc(O)cc2)c1)C(=O)O. The number of hydrogen-bond donors (Lipinski definition) is 3. The zero-order valence-electron chi connectivity index (χ0n) is 10.6. The second-order valence-electron chi connectivity index (χ2n) is 4.54. The van der Waals surface area contributed by atoms with Gasteiger partial charge in [0.25, 0.3) is 0 Å². The molecule has 0 aliphatic heterocycles. The molecule has 4 N–H and O–H groups in total. The summed E-state index contributed by atoms with van der Waals surface area (Å²) in [6.07, 6.45) is 0.209. The van der Waals surface area contributed by atoms with E-state index in [1.54, 1.807) is 36.4 Å². The number of halogens is 1. The minimum atomic E-state index is -1.05. The zero-order chi connectivity index (χ0) is 14.7. The van der Waals surface area contributed by atoms with Gasteiger partial charge in [0.1, 0.15) is 11.8 Å². The van der Waals surface area contributed by atoms with Crippen molar-refractivity contribution in [3.05, 3.63) is 53.1 Å². The minimum Gasteiger partial charge on any atom is -0.508 e. The maximum Gasteiger partial charge on any atom is 0.320 e. The van der Waals surface area contributed by atoms with Crippen molar-refractivity contribution in [2.45, 2.75) is 12.5 Å². The first-order chi connectivity index (χ1) is 9.45. The summed E-state index contributed by atoms with van der Waals surface area (Å²) < 4.78 is 0. The van der Waals surface area contributed by atoms with E-state index in [9.17, 15) is 9.90 Å². The molecule has 0 amide bonds. The number of aliphatic carboxylic acids is 1. The molecular weight excluding hydrogens is 278 g/mol. The predicted molar refractivity (Wildman–Crippen MR) is 77.9 cm³/mol. The Balaban J connectivity index is 2.33. The van der Waals surface area contributed by atoms with Gasteiger partial charge in [0.15, 0.2) is 0 Å². The first-order valence-corrected chi connectivity index (χ1v) is 6.41. The smallest absolute Gasteiger partial charge is 0.320 e. The Kier molecular flexibility index (Phi) is 4.27. The molecule has 1 atom stereocenters. The molecule has 4 nitrogen and oxygen atoms in total. The Bertz CT molecular complexity index is 626. The number of carboxylic acid groups (broad SMARTS) is 1. The van der Waals surface area contributed by atoms with Gasteiger partial charge < -0.3 is 15.9 Å². The predicted octanol–water partition coefficient (Wildman–Crippen LogP) is 2.67. The van der Waals surface area contributed by atoms with Gasteiger partial charge in [-0.15, -0.1) is 0 Å². The Hall–Kier alpha value is -2.04. The summed E-state index contributed by atoms with van der Waals surface area (Å²) in [7, 11) is 0. The molecule has 0 aromatic heterocycles. The van der Waals surface area contributed by atoms with Crippen LogP contribution in [0.3, 0.4) is 0 Å². The first-order valence-electron chi connectivity index (χ1n) is 6.03. The fourth-order valence-corrected chi connectivity index (χ4v) is 2.19.